The first-order chi connectivity index (χ1) is 30.1. The minimum atomic E-state index is -0.641. The Hall–Kier alpha value is -8.42. The van der Waals surface area contributed by atoms with Crippen LogP contribution in [0.15, 0.2) is 122 Å². The molecule has 0 radical (unpaired) electrons. The first kappa shape index (κ1) is 43.2. The zero-order valence-corrected chi connectivity index (χ0v) is 34.1. The van der Waals surface area contributed by atoms with Crippen LogP contribution >= 0.6 is 0 Å². The van der Waals surface area contributed by atoms with Crippen LogP contribution in [0.4, 0.5) is 0 Å². The van der Waals surface area contributed by atoms with Crippen molar-refractivity contribution in [2.45, 2.75) is 19.8 Å². The van der Waals surface area contributed by atoms with Gasteiger partial charge in [0.15, 0.2) is 0 Å². The second-order valence-corrected chi connectivity index (χ2v) is 13.2. The number of aromatic nitrogens is 2. The number of rotatable bonds is 13. The summed E-state index contributed by atoms with van der Waals surface area (Å²) in [7, 11) is 4.96. The molecule has 0 aliphatic carbocycles. The van der Waals surface area contributed by atoms with Crippen LogP contribution in [0.3, 0.4) is 0 Å². The number of methoxy groups -OCH3 is 4. The predicted molar refractivity (Wildman–Crippen MR) is 225 cm³/mol. The van der Waals surface area contributed by atoms with Gasteiger partial charge in [0.2, 0.25) is 0 Å². The van der Waals surface area contributed by atoms with E-state index in [1.54, 1.807) is 67.3 Å². The zero-order valence-electron chi connectivity index (χ0n) is 34.1. The van der Waals surface area contributed by atoms with Crippen molar-refractivity contribution >= 4 is 23.9 Å². The van der Waals surface area contributed by atoms with Crippen LogP contribution in [0, 0.1) is 23.7 Å². The molecule has 6 rings (SSSR count). The number of nitrogens with zero attached hydrogens (tertiary/aromatic N) is 2. The van der Waals surface area contributed by atoms with Gasteiger partial charge >= 0.3 is 23.9 Å². The lowest BCUT2D eigenvalue weighted by atomic mass is 10.1. The summed E-state index contributed by atoms with van der Waals surface area (Å²) in [5.41, 5.74) is 5.06. The summed E-state index contributed by atoms with van der Waals surface area (Å²) in [5.74, 6) is 11.3. The SMILES string of the molecule is COC(=O)c1cc(COc2cc(COc3cc(C#Cc4ccncc4)cc(C#Cc4ccncc4)c3)cc(OCc3cc(C(=O)OC)cc(C(=O)OC)c3)c2)cc(C(=O)OC)c1. The van der Waals surface area contributed by atoms with E-state index in [-0.39, 0.29) is 42.1 Å². The molecule has 0 fully saturated rings. The quantitative estimate of drug-likeness (QED) is 0.0657. The third-order valence-corrected chi connectivity index (χ3v) is 8.80. The summed E-state index contributed by atoms with van der Waals surface area (Å²) in [5, 5.41) is 0. The average molecular weight is 831 g/mol. The summed E-state index contributed by atoms with van der Waals surface area (Å²) in [6.07, 6.45) is 6.68. The second-order valence-electron chi connectivity index (χ2n) is 13.2. The smallest absolute Gasteiger partial charge is 0.337 e. The molecule has 2 aromatic heterocycles. The van der Waals surface area contributed by atoms with Crippen molar-refractivity contribution in [3.05, 3.63) is 183 Å². The van der Waals surface area contributed by atoms with E-state index in [1.165, 1.54) is 40.6 Å². The maximum atomic E-state index is 12.4. The number of benzene rings is 4. The molecule has 0 aliphatic rings. The van der Waals surface area contributed by atoms with Crippen molar-refractivity contribution in [3.63, 3.8) is 0 Å². The first-order valence-electron chi connectivity index (χ1n) is 18.8. The predicted octanol–water partition coefficient (Wildman–Crippen LogP) is 7.16. The van der Waals surface area contributed by atoms with E-state index >= 15 is 0 Å². The Morgan fingerprint density at radius 1 is 0.387 bits per heavy atom. The van der Waals surface area contributed by atoms with E-state index in [0.29, 0.717) is 45.1 Å². The van der Waals surface area contributed by atoms with E-state index in [2.05, 4.69) is 33.6 Å². The molecule has 2 heterocycles. The monoisotopic (exact) mass is 830 g/mol. The molecule has 62 heavy (non-hydrogen) atoms. The van der Waals surface area contributed by atoms with Gasteiger partial charge in [-0.05, 0) is 108 Å². The van der Waals surface area contributed by atoms with Crippen LogP contribution in [-0.4, -0.2) is 62.3 Å². The van der Waals surface area contributed by atoms with Gasteiger partial charge in [0.1, 0.15) is 37.1 Å². The Morgan fingerprint density at radius 2 is 0.694 bits per heavy atom. The number of ether oxygens (including phenoxy) is 7. The molecule has 0 aliphatic heterocycles. The molecule has 0 unspecified atom stereocenters. The van der Waals surface area contributed by atoms with E-state index in [9.17, 15) is 19.2 Å². The van der Waals surface area contributed by atoms with Crippen LogP contribution in [0.2, 0.25) is 0 Å². The topological polar surface area (TPSA) is 159 Å². The molecule has 13 heteroatoms. The molecule has 0 saturated carbocycles. The van der Waals surface area contributed by atoms with Crippen LogP contribution < -0.4 is 14.2 Å². The molecule has 0 amide bonds. The Balaban J connectivity index is 1.32. The standard InChI is InChI=1S/C49H38N2O11/c1-56-46(52)39-18-36(19-40(26-39)47(53)57-2)29-61-44-24-38(25-45(28-44)62-30-37-20-41(48(54)58-3)27-42(21-37)49(55)59-4)31-60-43-22-34(7-5-32-9-13-50-14-10-32)17-35(23-43)8-6-33-11-15-51-16-12-33/h9-28H,29-31H2,1-4H3. The number of hydrogen-bond donors (Lipinski definition) is 0. The van der Waals surface area contributed by atoms with Gasteiger partial charge in [0.05, 0.1) is 50.7 Å². The average Bonchev–Trinajstić information content (AvgIpc) is 3.32. The van der Waals surface area contributed by atoms with E-state index < -0.39 is 23.9 Å². The van der Waals surface area contributed by atoms with Crippen LogP contribution in [0.25, 0.3) is 0 Å². The van der Waals surface area contributed by atoms with Crippen molar-refractivity contribution in [1.82, 2.24) is 9.97 Å². The molecule has 310 valence electrons. The summed E-state index contributed by atoms with van der Waals surface area (Å²) < 4.78 is 38.3. The largest absolute Gasteiger partial charge is 0.489 e. The lowest BCUT2D eigenvalue weighted by molar-refractivity contribution is 0.0581. The molecule has 0 saturated heterocycles. The maximum absolute atomic E-state index is 12.4. The molecule has 0 spiro atoms. The molecule has 13 nitrogen and oxygen atoms in total. The minimum Gasteiger partial charge on any atom is -0.489 e. The molecule has 6 aromatic rings. The van der Waals surface area contributed by atoms with Crippen molar-refractivity contribution in [1.29, 1.82) is 0 Å². The molecule has 0 atom stereocenters. The van der Waals surface area contributed by atoms with E-state index in [0.717, 1.165) is 11.1 Å². The lowest BCUT2D eigenvalue weighted by Gasteiger charge is -2.15. The highest BCUT2D eigenvalue weighted by molar-refractivity contribution is 5.96. The fourth-order valence-corrected chi connectivity index (χ4v) is 5.86. The highest BCUT2D eigenvalue weighted by Crippen LogP contribution is 2.28. The van der Waals surface area contributed by atoms with Gasteiger partial charge in [-0.15, -0.1) is 0 Å². The number of pyridine rings is 2. The summed E-state index contributed by atoms with van der Waals surface area (Å²) in [6.45, 7) is -0.0967. The third-order valence-electron chi connectivity index (χ3n) is 8.80. The number of esters is 4. The van der Waals surface area contributed by atoms with Gasteiger partial charge in [-0.3, -0.25) is 9.97 Å². The third kappa shape index (κ3) is 12.1. The summed E-state index contributed by atoms with van der Waals surface area (Å²) >= 11 is 0. The maximum Gasteiger partial charge on any atom is 0.337 e. The Bertz CT molecular complexity index is 2480. The molecule has 0 N–H and O–H groups in total. The van der Waals surface area contributed by atoms with Crippen molar-refractivity contribution in [3.8, 4) is 40.9 Å². The van der Waals surface area contributed by atoms with Crippen molar-refractivity contribution in [2.75, 3.05) is 28.4 Å². The van der Waals surface area contributed by atoms with Gasteiger partial charge in [-0.25, -0.2) is 19.2 Å². The highest BCUT2D eigenvalue weighted by atomic mass is 16.5. The van der Waals surface area contributed by atoms with E-state index in [4.69, 9.17) is 33.2 Å². The van der Waals surface area contributed by atoms with E-state index in [1.807, 2.05) is 42.5 Å². The van der Waals surface area contributed by atoms with Gasteiger partial charge < -0.3 is 33.2 Å². The fraction of sp³-hybridized carbons (Fsp3) is 0.143. The molecule has 0 bridgehead atoms. The van der Waals surface area contributed by atoms with Crippen LogP contribution in [0.1, 0.15) is 80.4 Å². The number of carbonyl (C=O) groups excluding carboxylic acids is 4. The normalized spacial score (nSPS) is 10.1. The zero-order chi connectivity index (χ0) is 43.8. The Kier molecular flexibility index (Phi) is 14.6. The summed E-state index contributed by atoms with van der Waals surface area (Å²) in [6, 6.07) is 26.8. The Labute approximate surface area is 357 Å². The summed E-state index contributed by atoms with van der Waals surface area (Å²) in [4.78, 5) is 57.9. The van der Waals surface area contributed by atoms with Crippen molar-refractivity contribution < 1.29 is 52.3 Å². The number of hydrogen-bond acceptors (Lipinski definition) is 13. The number of carbonyl (C=O) groups is 4. The van der Waals surface area contributed by atoms with Gasteiger partial charge in [0.25, 0.3) is 0 Å². The highest BCUT2D eigenvalue weighted by Gasteiger charge is 2.17. The minimum absolute atomic E-state index is 0.0423. The molecular formula is C49H38N2O11. The molecule has 4 aromatic carbocycles. The van der Waals surface area contributed by atoms with Gasteiger partial charge in [-0.2, -0.15) is 0 Å². The second kappa shape index (κ2) is 21.0. The van der Waals surface area contributed by atoms with Gasteiger partial charge in [-0.1, -0.05) is 23.7 Å². The van der Waals surface area contributed by atoms with Gasteiger partial charge in [0, 0.05) is 53.1 Å². The van der Waals surface area contributed by atoms with Crippen molar-refractivity contribution in [2.24, 2.45) is 0 Å². The fourth-order valence-electron chi connectivity index (χ4n) is 5.86. The van der Waals surface area contributed by atoms with Crippen LogP contribution in [-0.2, 0) is 38.8 Å². The molecular weight excluding hydrogens is 793 g/mol. The Morgan fingerprint density at radius 3 is 1.03 bits per heavy atom. The first-order valence-corrected chi connectivity index (χ1v) is 18.8. The van der Waals surface area contributed by atoms with Crippen LogP contribution in [0.5, 0.6) is 17.2 Å². The lowest BCUT2D eigenvalue weighted by Crippen LogP contribution is -2.09.